The van der Waals surface area contributed by atoms with Crippen LogP contribution in [0.1, 0.15) is 12.8 Å². The standard InChI is InChI=1S/C16H21N3O4.ClH/c1-23-14-5-3-2-4-13(14)19-7-6-11(16(19)22)18-15(21)12-8-10(20)9-17-12;/h2-5,10-12,17,20H,6-9H2,1H3,(H,18,21);1H. The Kier molecular flexibility index (Phi) is 6.04. The molecule has 0 saturated carbocycles. The third kappa shape index (κ3) is 3.63. The number of hydrogen-bond acceptors (Lipinski definition) is 5. The summed E-state index contributed by atoms with van der Waals surface area (Å²) in [5.41, 5.74) is 0.714. The molecule has 8 heteroatoms. The van der Waals surface area contributed by atoms with Crippen LogP contribution in [0.2, 0.25) is 0 Å². The smallest absolute Gasteiger partial charge is 0.249 e. The van der Waals surface area contributed by atoms with Gasteiger partial charge >= 0.3 is 0 Å². The highest BCUT2D eigenvalue weighted by molar-refractivity contribution is 6.02. The molecule has 2 aliphatic heterocycles. The van der Waals surface area contributed by atoms with Gasteiger partial charge in [-0.05, 0) is 25.0 Å². The number of hydrogen-bond donors (Lipinski definition) is 3. The van der Waals surface area contributed by atoms with Crippen molar-refractivity contribution in [2.45, 2.75) is 31.0 Å². The number of nitrogens with zero attached hydrogens (tertiary/aromatic N) is 1. The van der Waals surface area contributed by atoms with Gasteiger partial charge < -0.3 is 25.4 Å². The van der Waals surface area contributed by atoms with Gasteiger partial charge in [-0.2, -0.15) is 0 Å². The minimum absolute atomic E-state index is 0. The summed E-state index contributed by atoms with van der Waals surface area (Å²) in [6.07, 6.45) is 0.427. The zero-order valence-electron chi connectivity index (χ0n) is 13.4. The van der Waals surface area contributed by atoms with Gasteiger partial charge in [-0.25, -0.2) is 0 Å². The van der Waals surface area contributed by atoms with E-state index >= 15 is 0 Å². The Morgan fingerprint density at radius 1 is 1.42 bits per heavy atom. The summed E-state index contributed by atoms with van der Waals surface area (Å²) in [6, 6.07) is 6.36. The molecule has 1 aromatic carbocycles. The van der Waals surface area contributed by atoms with Crippen molar-refractivity contribution in [3.8, 4) is 5.75 Å². The molecule has 3 rings (SSSR count). The number of carbonyl (C=O) groups is 2. The van der Waals surface area contributed by atoms with E-state index < -0.39 is 18.2 Å². The Morgan fingerprint density at radius 2 is 2.17 bits per heavy atom. The number of rotatable bonds is 4. The molecule has 0 spiro atoms. The van der Waals surface area contributed by atoms with Gasteiger partial charge in [0, 0.05) is 13.1 Å². The van der Waals surface area contributed by atoms with Crippen LogP contribution < -0.4 is 20.3 Å². The summed E-state index contributed by atoms with van der Waals surface area (Å²) in [6.45, 7) is 0.939. The van der Waals surface area contributed by atoms with Crippen LogP contribution in [0.25, 0.3) is 0 Å². The largest absolute Gasteiger partial charge is 0.495 e. The highest BCUT2D eigenvalue weighted by Crippen LogP contribution is 2.31. The SMILES string of the molecule is COc1ccccc1N1CCC(NC(=O)C2CC(O)CN2)C1=O.Cl. The Balaban J connectivity index is 0.00000208. The van der Waals surface area contributed by atoms with Crippen molar-refractivity contribution in [2.24, 2.45) is 0 Å². The number of aliphatic hydroxyl groups is 1. The Hall–Kier alpha value is -1.83. The minimum atomic E-state index is -0.535. The van der Waals surface area contributed by atoms with E-state index in [2.05, 4.69) is 10.6 Å². The molecule has 3 unspecified atom stereocenters. The molecule has 2 heterocycles. The molecule has 0 aliphatic carbocycles. The van der Waals surface area contributed by atoms with Crippen LogP contribution in [-0.4, -0.2) is 55.3 Å². The number of carbonyl (C=O) groups excluding carboxylic acids is 2. The van der Waals surface area contributed by atoms with E-state index in [-0.39, 0.29) is 24.2 Å². The minimum Gasteiger partial charge on any atom is -0.495 e. The van der Waals surface area contributed by atoms with Crippen molar-refractivity contribution in [3.63, 3.8) is 0 Å². The van der Waals surface area contributed by atoms with E-state index in [4.69, 9.17) is 4.74 Å². The van der Waals surface area contributed by atoms with Crippen molar-refractivity contribution >= 4 is 29.9 Å². The van der Waals surface area contributed by atoms with Crippen LogP contribution >= 0.6 is 12.4 Å². The van der Waals surface area contributed by atoms with Crippen molar-refractivity contribution < 1.29 is 19.4 Å². The first-order valence-corrected chi connectivity index (χ1v) is 7.76. The lowest BCUT2D eigenvalue weighted by molar-refractivity contribution is -0.127. The molecular formula is C16H22ClN3O4. The second-order valence-electron chi connectivity index (χ2n) is 5.86. The summed E-state index contributed by atoms with van der Waals surface area (Å²) in [5.74, 6) is 0.261. The molecule has 7 nitrogen and oxygen atoms in total. The number of anilines is 1. The van der Waals surface area contributed by atoms with Gasteiger partial charge in [0.05, 0.1) is 24.9 Å². The van der Waals surface area contributed by atoms with Gasteiger partial charge in [0.1, 0.15) is 11.8 Å². The zero-order chi connectivity index (χ0) is 16.4. The highest BCUT2D eigenvalue weighted by atomic mass is 35.5. The molecule has 132 valence electrons. The summed E-state index contributed by atoms with van der Waals surface area (Å²) in [4.78, 5) is 26.4. The predicted molar refractivity (Wildman–Crippen MR) is 91.6 cm³/mol. The fourth-order valence-electron chi connectivity index (χ4n) is 3.09. The Morgan fingerprint density at radius 3 is 2.83 bits per heavy atom. The molecule has 0 aromatic heterocycles. The highest BCUT2D eigenvalue weighted by Gasteiger charge is 2.37. The normalized spacial score (nSPS) is 26.2. The van der Waals surface area contributed by atoms with Gasteiger partial charge in [-0.1, -0.05) is 12.1 Å². The lowest BCUT2D eigenvalue weighted by Gasteiger charge is -2.20. The average molecular weight is 356 g/mol. The van der Waals surface area contributed by atoms with E-state index in [0.717, 1.165) is 0 Å². The molecular weight excluding hydrogens is 334 g/mol. The third-order valence-corrected chi connectivity index (χ3v) is 4.32. The van der Waals surface area contributed by atoms with Gasteiger partial charge in [-0.3, -0.25) is 9.59 Å². The van der Waals surface area contributed by atoms with Crippen LogP contribution in [0.3, 0.4) is 0 Å². The van der Waals surface area contributed by atoms with Gasteiger partial charge in [-0.15, -0.1) is 12.4 Å². The van der Waals surface area contributed by atoms with Crippen LogP contribution in [0.5, 0.6) is 5.75 Å². The molecule has 0 bridgehead atoms. The Bertz CT molecular complexity index is 613. The predicted octanol–water partition coefficient (Wildman–Crippen LogP) is 0.0613. The van der Waals surface area contributed by atoms with Crippen LogP contribution in [0, 0.1) is 0 Å². The third-order valence-electron chi connectivity index (χ3n) is 4.32. The van der Waals surface area contributed by atoms with E-state index in [1.165, 1.54) is 0 Å². The molecule has 3 atom stereocenters. The topological polar surface area (TPSA) is 90.9 Å². The maximum atomic E-state index is 12.6. The first kappa shape index (κ1) is 18.5. The first-order valence-electron chi connectivity index (χ1n) is 7.76. The summed E-state index contributed by atoms with van der Waals surface area (Å²) < 4.78 is 5.30. The molecule has 2 amide bonds. The number of aliphatic hydroxyl groups excluding tert-OH is 1. The zero-order valence-corrected chi connectivity index (χ0v) is 14.2. The van der Waals surface area contributed by atoms with Crippen LogP contribution in [0.15, 0.2) is 24.3 Å². The van der Waals surface area contributed by atoms with E-state index in [0.29, 0.717) is 37.4 Å². The number of para-hydroxylation sites is 2. The maximum absolute atomic E-state index is 12.6. The summed E-state index contributed by atoms with van der Waals surface area (Å²) >= 11 is 0. The number of benzene rings is 1. The number of methoxy groups -OCH3 is 1. The van der Waals surface area contributed by atoms with Crippen LogP contribution in [-0.2, 0) is 9.59 Å². The molecule has 2 fully saturated rings. The lowest BCUT2D eigenvalue weighted by Crippen LogP contribution is -2.48. The van der Waals surface area contributed by atoms with Crippen LogP contribution in [0.4, 0.5) is 5.69 Å². The molecule has 0 radical (unpaired) electrons. The second-order valence-corrected chi connectivity index (χ2v) is 5.86. The summed E-state index contributed by atoms with van der Waals surface area (Å²) in [7, 11) is 1.57. The van der Waals surface area contributed by atoms with Gasteiger partial charge in [0.2, 0.25) is 11.8 Å². The number of ether oxygens (including phenoxy) is 1. The molecule has 3 N–H and O–H groups in total. The fourth-order valence-corrected chi connectivity index (χ4v) is 3.09. The first-order chi connectivity index (χ1) is 11.1. The van der Waals surface area contributed by atoms with Crippen molar-refractivity contribution in [2.75, 3.05) is 25.1 Å². The average Bonchev–Trinajstić information content (AvgIpc) is 3.14. The van der Waals surface area contributed by atoms with E-state index in [1.807, 2.05) is 18.2 Å². The van der Waals surface area contributed by atoms with E-state index in [9.17, 15) is 14.7 Å². The monoisotopic (exact) mass is 355 g/mol. The van der Waals surface area contributed by atoms with Crippen molar-refractivity contribution in [1.29, 1.82) is 0 Å². The molecule has 2 aliphatic rings. The van der Waals surface area contributed by atoms with Gasteiger partial charge in [0.15, 0.2) is 0 Å². The number of nitrogens with one attached hydrogen (secondary N) is 2. The van der Waals surface area contributed by atoms with E-state index in [1.54, 1.807) is 18.1 Å². The van der Waals surface area contributed by atoms with Crippen molar-refractivity contribution in [3.05, 3.63) is 24.3 Å². The molecule has 24 heavy (non-hydrogen) atoms. The fraction of sp³-hybridized carbons (Fsp3) is 0.500. The number of amides is 2. The second kappa shape index (κ2) is 7.83. The number of β-amino-alcohol motifs (C(OH)–C–C–N with tert-alkyl or cyclic N) is 1. The molecule has 2 saturated heterocycles. The number of halogens is 1. The molecule has 1 aromatic rings. The van der Waals surface area contributed by atoms with Gasteiger partial charge in [0.25, 0.3) is 0 Å². The van der Waals surface area contributed by atoms with Crippen molar-refractivity contribution in [1.82, 2.24) is 10.6 Å². The Labute approximate surface area is 146 Å². The maximum Gasteiger partial charge on any atom is 0.249 e. The quantitative estimate of drug-likeness (QED) is 0.710. The lowest BCUT2D eigenvalue weighted by atomic mass is 10.1. The summed E-state index contributed by atoms with van der Waals surface area (Å²) in [5, 5.41) is 15.2.